The van der Waals surface area contributed by atoms with E-state index in [1.165, 1.54) is 11.8 Å². The lowest BCUT2D eigenvalue weighted by Crippen LogP contribution is -2.14. The van der Waals surface area contributed by atoms with Crippen molar-refractivity contribution in [2.75, 3.05) is 23.1 Å². The number of aromatic nitrogens is 3. The summed E-state index contributed by atoms with van der Waals surface area (Å²) in [6.07, 6.45) is 3.67. The second kappa shape index (κ2) is 8.77. The third-order valence-corrected chi connectivity index (χ3v) is 4.92. The molecule has 1 aromatic carbocycles. The van der Waals surface area contributed by atoms with Crippen LogP contribution in [0.2, 0.25) is 0 Å². The highest BCUT2D eigenvalue weighted by atomic mass is 32.2. The molecule has 130 valence electrons. The largest absolute Gasteiger partial charge is 0.461 e. The normalized spacial score (nSPS) is 10.8. The minimum absolute atomic E-state index is 0.0739. The number of nitrogens with one attached hydrogen (secondary N) is 1. The van der Waals surface area contributed by atoms with Crippen molar-refractivity contribution in [2.24, 2.45) is 0 Å². The minimum Gasteiger partial charge on any atom is -0.461 e. The van der Waals surface area contributed by atoms with Gasteiger partial charge in [0.05, 0.1) is 12.0 Å². The summed E-state index contributed by atoms with van der Waals surface area (Å²) in [5.41, 5.74) is 0.785. The summed E-state index contributed by atoms with van der Waals surface area (Å²) in [4.78, 5) is 12.1. The monoisotopic (exact) mass is 374 g/mol. The molecule has 3 aromatic rings. The number of para-hydroxylation sites is 1. The van der Waals surface area contributed by atoms with Crippen LogP contribution in [0, 0.1) is 0 Å². The number of carbonyl (C=O) groups is 1. The first-order valence-electron chi connectivity index (χ1n) is 7.71. The Hall–Kier alpha value is -2.19. The van der Waals surface area contributed by atoms with E-state index in [9.17, 15) is 4.79 Å². The smallest absolute Gasteiger partial charge is 0.234 e. The Balaban J connectivity index is 1.68. The number of benzene rings is 1. The summed E-state index contributed by atoms with van der Waals surface area (Å²) >= 11 is 3.11. The van der Waals surface area contributed by atoms with Crippen LogP contribution >= 0.6 is 23.5 Å². The molecule has 6 nitrogen and oxygen atoms in total. The molecule has 0 fully saturated rings. The first-order chi connectivity index (χ1) is 12.3. The molecule has 2 heterocycles. The average molecular weight is 374 g/mol. The fourth-order valence-corrected chi connectivity index (χ4v) is 3.35. The summed E-state index contributed by atoms with van der Waals surface area (Å²) in [6, 6.07) is 13.1. The zero-order chi connectivity index (χ0) is 17.5. The van der Waals surface area contributed by atoms with Crippen LogP contribution in [-0.2, 0) is 11.3 Å². The van der Waals surface area contributed by atoms with Crippen LogP contribution in [0.15, 0.2) is 58.3 Å². The highest BCUT2D eigenvalue weighted by molar-refractivity contribution is 7.99. The van der Waals surface area contributed by atoms with Crippen LogP contribution in [0.25, 0.3) is 11.6 Å². The van der Waals surface area contributed by atoms with E-state index >= 15 is 0 Å². The molecule has 1 amide bonds. The maximum absolute atomic E-state index is 12.1. The van der Waals surface area contributed by atoms with Gasteiger partial charge in [-0.1, -0.05) is 30.0 Å². The van der Waals surface area contributed by atoms with Crippen molar-refractivity contribution in [2.45, 2.75) is 11.7 Å². The molecular formula is C17H18N4O2S2. The van der Waals surface area contributed by atoms with Crippen LogP contribution in [-0.4, -0.2) is 38.4 Å². The third kappa shape index (κ3) is 4.67. The average Bonchev–Trinajstić information content (AvgIpc) is 3.28. The van der Waals surface area contributed by atoms with Gasteiger partial charge < -0.3 is 9.73 Å². The van der Waals surface area contributed by atoms with Crippen LogP contribution in [0.5, 0.6) is 0 Å². The van der Waals surface area contributed by atoms with E-state index in [2.05, 4.69) is 21.8 Å². The number of hydrogen-bond donors (Lipinski definition) is 1. The van der Waals surface area contributed by atoms with E-state index in [0.717, 1.165) is 18.0 Å². The Labute approximate surface area is 154 Å². The van der Waals surface area contributed by atoms with Crippen LogP contribution in [0.4, 0.5) is 5.69 Å². The predicted molar refractivity (Wildman–Crippen MR) is 102 cm³/mol. The number of rotatable bonds is 8. The molecule has 25 heavy (non-hydrogen) atoms. The summed E-state index contributed by atoms with van der Waals surface area (Å²) in [7, 11) is 0. The quantitative estimate of drug-likeness (QED) is 0.607. The van der Waals surface area contributed by atoms with Gasteiger partial charge in [-0.15, -0.1) is 10.2 Å². The summed E-state index contributed by atoms with van der Waals surface area (Å²) in [5, 5.41) is 12.0. The minimum atomic E-state index is -0.0739. The second-order valence-electron chi connectivity index (χ2n) is 5.13. The first-order valence-corrected chi connectivity index (χ1v) is 10.1. The van der Waals surface area contributed by atoms with Gasteiger partial charge in [-0.05, 0) is 30.5 Å². The molecule has 3 rings (SSSR count). The summed E-state index contributed by atoms with van der Waals surface area (Å²) < 4.78 is 7.44. The maximum atomic E-state index is 12.1. The number of hydrogen-bond acceptors (Lipinski definition) is 6. The topological polar surface area (TPSA) is 73.0 Å². The SMILES string of the molecule is CSCCn1c(SCC(=O)Nc2ccccc2)nnc1-c1ccco1. The Morgan fingerprint density at radius 1 is 1.20 bits per heavy atom. The molecular weight excluding hydrogens is 356 g/mol. The number of amides is 1. The first kappa shape index (κ1) is 17.6. The van der Waals surface area contributed by atoms with Gasteiger partial charge in [0.15, 0.2) is 10.9 Å². The molecule has 2 aromatic heterocycles. The van der Waals surface area contributed by atoms with Crippen molar-refractivity contribution in [3.05, 3.63) is 48.7 Å². The number of carbonyl (C=O) groups excluding carboxylic acids is 1. The zero-order valence-corrected chi connectivity index (χ0v) is 15.3. The lowest BCUT2D eigenvalue weighted by Gasteiger charge is -2.08. The molecule has 0 spiro atoms. The number of anilines is 1. The molecule has 0 saturated carbocycles. The number of thioether (sulfide) groups is 2. The van der Waals surface area contributed by atoms with Gasteiger partial charge in [0.25, 0.3) is 0 Å². The van der Waals surface area contributed by atoms with E-state index in [-0.39, 0.29) is 11.7 Å². The lowest BCUT2D eigenvalue weighted by atomic mass is 10.3. The fraction of sp³-hybridized carbons (Fsp3) is 0.235. The zero-order valence-electron chi connectivity index (χ0n) is 13.7. The van der Waals surface area contributed by atoms with E-state index in [4.69, 9.17) is 4.42 Å². The molecule has 8 heteroatoms. The Kier molecular flexibility index (Phi) is 6.19. The molecule has 1 N–H and O–H groups in total. The van der Waals surface area contributed by atoms with Crippen molar-refractivity contribution in [3.63, 3.8) is 0 Å². The van der Waals surface area contributed by atoms with E-state index in [0.29, 0.717) is 16.7 Å². The van der Waals surface area contributed by atoms with Gasteiger partial charge in [-0.2, -0.15) is 11.8 Å². The lowest BCUT2D eigenvalue weighted by molar-refractivity contribution is -0.113. The van der Waals surface area contributed by atoms with Crippen molar-refractivity contribution < 1.29 is 9.21 Å². The van der Waals surface area contributed by atoms with Gasteiger partial charge in [0, 0.05) is 18.0 Å². The fourth-order valence-electron chi connectivity index (χ4n) is 2.22. The predicted octanol–water partition coefficient (Wildman–Crippen LogP) is 3.63. The second-order valence-corrected chi connectivity index (χ2v) is 7.06. The molecule has 0 bridgehead atoms. The van der Waals surface area contributed by atoms with Crippen LogP contribution in [0.1, 0.15) is 0 Å². The van der Waals surface area contributed by atoms with Gasteiger partial charge >= 0.3 is 0 Å². The molecule has 0 unspecified atom stereocenters. The van der Waals surface area contributed by atoms with Crippen molar-refractivity contribution in [3.8, 4) is 11.6 Å². The Bertz CT molecular complexity index is 803. The van der Waals surface area contributed by atoms with Crippen molar-refractivity contribution in [1.82, 2.24) is 14.8 Å². The van der Waals surface area contributed by atoms with E-state index < -0.39 is 0 Å². The van der Waals surface area contributed by atoms with Gasteiger partial charge in [0.2, 0.25) is 11.7 Å². The van der Waals surface area contributed by atoms with Crippen LogP contribution in [0.3, 0.4) is 0 Å². The highest BCUT2D eigenvalue weighted by Crippen LogP contribution is 2.24. The van der Waals surface area contributed by atoms with Gasteiger partial charge in [0.1, 0.15) is 0 Å². The molecule has 0 aliphatic rings. The van der Waals surface area contributed by atoms with Crippen molar-refractivity contribution >= 4 is 35.1 Å². The maximum Gasteiger partial charge on any atom is 0.234 e. The summed E-state index contributed by atoms with van der Waals surface area (Å²) in [5.74, 6) is 2.48. The van der Waals surface area contributed by atoms with Gasteiger partial charge in [-0.3, -0.25) is 9.36 Å². The molecule has 0 atom stereocenters. The molecule has 0 aliphatic carbocycles. The van der Waals surface area contributed by atoms with E-state index in [1.807, 2.05) is 47.0 Å². The van der Waals surface area contributed by atoms with Crippen LogP contribution < -0.4 is 5.32 Å². The Morgan fingerprint density at radius 2 is 2.04 bits per heavy atom. The highest BCUT2D eigenvalue weighted by Gasteiger charge is 2.17. The van der Waals surface area contributed by atoms with Gasteiger partial charge in [-0.25, -0.2) is 0 Å². The standard InChI is InChI=1S/C17H18N4O2S2/c1-24-11-9-21-16(14-8-5-10-23-14)19-20-17(21)25-12-15(22)18-13-6-3-2-4-7-13/h2-8,10H,9,11-12H2,1H3,(H,18,22). The van der Waals surface area contributed by atoms with E-state index in [1.54, 1.807) is 18.0 Å². The molecule has 0 saturated heterocycles. The molecule has 0 aliphatic heterocycles. The number of furan rings is 1. The van der Waals surface area contributed by atoms with Crippen molar-refractivity contribution in [1.29, 1.82) is 0 Å². The molecule has 0 radical (unpaired) electrons. The Morgan fingerprint density at radius 3 is 2.76 bits per heavy atom. The summed E-state index contributed by atoms with van der Waals surface area (Å²) in [6.45, 7) is 0.757. The third-order valence-electron chi connectivity index (χ3n) is 3.37. The number of nitrogens with zero attached hydrogens (tertiary/aromatic N) is 3.